The largest absolute Gasteiger partial charge is 0.385 e. The zero-order valence-electron chi connectivity index (χ0n) is 7.57. The van der Waals surface area contributed by atoms with Gasteiger partial charge in [0.15, 0.2) is 0 Å². The van der Waals surface area contributed by atoms with Crippen LogP contribution in [-0.4, -0.2) is 4.57 Å². The fourth-order valence-corrected chi connectivity index (χ4v) is 1.43. The summed E-state index contributed by atoms with van der Waals surface area (Å²) in [5.74, 6) is 0.791. The van der Waals surface area contributed by atoms with E-state index in [0.717, 1.165) is 11.5 Å². The van der Waals surface area contributed by atoms with Gasteiger partial charge in [0, 0.05) is 12.7 Å². The molecule has 0 saturated carbocycles. The maximum Gasteiger partial charge on any atom is 0.103 e. The van der Waals surface area contributed by atoms with Crippen molar-refractivity contribution in [2.75, 3.05) is 5.73 Å². The molecule has 0 aliphatic carbocycles. The average Bonchev–Trinajstić information content (AvgIpc) is 2.49. The summed E-state index contributed by atoms with van der Waals surface area (Å²) in [5, 5.41) is 0. The molecule has 2 rings (SSSR count). The highest BCUT2D eigenvalue weighted by Crippen LogP contribution is 2.21. The number of hydrogen-bond acceptors (Lipinski definition) is 1. The SMILES string of the molecule is Cn1c(N)ccc1-c1ccccc1. The van der Waals surface area contributed by atoms with Crippen LogP contribution in [0.5, 0.6) is 0 Å². The lowest BCUT2D eigenvalue weighted by molar-refractivity contribution is 0.950. The standard InChI is InChI=1S/C11H12N2/c1-13-10(7-8-11(13)12)9-5-3-2-4-6-9/h2-8H,12H2,1H3. The van der Waals surface area contributed by atoms with Gasteiger partial charge in [-0.3, -0.25) is 0 Å². The molecule has 0 radical (unpaired) electrons. The maximum absolute atomic E-state index is 5.74. The minimum atomic E-state index is 0.791. The lowest BCUT2D eigenvalue weighted by Gasteiger charge is -2.04. The number of anilines is 1. The predicted molar refractivity (Wildman–Crippen MR) is 55.3 cm³/mol. The molecule has 66 valence electrons. The molecule has 1 aromatic carbocycles. The van der Waals surface area contributed by atoms with E-state index >= 15 is 0 Å². The van der Waals surface area contributed by atoms with Crippen molar-refractivity contribution in [1.82, 2.24) is 4.57 Å². The fourth-order valence-electron chi connectivity index (χ4n) is 1.43. The van der Waals surface area contributed by atoms with Crippen molar-refractivity contribution < 1.29 is 0 Å². The second-order valence-corrected chi connectivity index (χ2v) is 3.07. The molecule has 1 aromatic heterocycles. The van der Waals surface area contributed by atoms with Crippen LogP contribution in [0.3, 0.4) is 0 Å². The van der Waals surface area contributed by atoms with Crippen LogP contribution in [0.1, 0.15) is 0 Å². The van der Waals surface area contributed by atoms with Gasteiger partial charge in [-0.15, -0.1) is 0 Å². The van der Waals surface area contributed by atoms with Gasteiger partial charge in [0.2, 0.25) is 0 Å². The molecule has 2 heteroatoms. The van der Waals surface area contributed by atoms with Crippen molar-refractivity contribution in [1.29, 1.82) is 0 Å². The first kappa shape index (κ1) is 7.92. The molecular formula is C11H12N2. The molecule has 0 amide bonds. The van der Waals surface area contributed by atoms with Gasteiger partial charge in [-0.05, 0) is 17.7 Å². The third-order valence-electron chi connectivity index (χ3n) is 2.23. The van der Waals surface area contributed by atoms with Crippen LogP contribution in [0.25, 0.3) is 11.3 Å². The summed E-state index contributed by atoms with van der Waals surface area (Å²) in [6.07, 6.45) is 0. The van der Waals surface area contributed by atoms with E-state index in [9.17, 15) is 0 Å². The molecular weight excluding hydrogens is 160 g/mol. The molecule has 13 heavy (non-hydrogen) atoms. The van der Waals surface area contributed by atoms with Gasteiger partial charge in [-0.2, -0.15) is 0 Å². The van der Waals surface area contributed by atoms with Gasteiger partial charge in [-0.25, -0.2) is 0 Å². The minimum absolute atomic E-state index is 0.791. The Bertz CT molecular complexity index is 401. The van der Waals surface area contributed by atoms with E-state index in [0.29, 0.717) is 0 Å². The molecule has 2 aromatic rings. The number of aromatic nitrogens is 1. The van der Waals surface area contributed by atoms with E-state index in [4.69, 9.17) is 5.73 Å². The van der Waals surface area contributed by atoms with E-state index in [1.807, 2.05) is 41.9 Å². The minimum Gasteiger partial charge on any atom is -0.385 e. The molecule has 0 unspecified atom stereocenters. The number of nitrogens with zero attached hydrogens (tertiary/aromatic N) is 1. The Morgan fingerprint density at radius 3 is 2.23 bits per heavy atom. The second-order valence-electron chi connectivity index (χ2n) is 3.07. The number of nitrogen functional groups attached to an aromatic ring is 1. The highest BCUT2D eigenvalue weighted by atomic mass is 15.0. The molecule has 0 atom stereocenters. The third-order valence-corrected chi connectivity index (χ3v) is 2.23. The van der Waals surface area contributed by atoms with Gasteiger partial charge in [0.05, 0.1) is 0 Å². The smallest absolute Gasteiger partial charge is 0.103 e. The quantitative estimate of drug-likeness (QED) is 0.702. The van der Waals surface area contributed by atoms with Gasteiger partial charge in [0.1, 0.15) is 5.82 Å². The Morgan fingerprint density at radius 2 is 1.69 bits per heavy atom. The van der Waals surface area contributed by atoms with Crippen molar-refractivity contribution in [2.24, 2.45) is 7.05 Å². The van der Waals surface area contributed by atoms with E-state index in [1.54, 1.807) is 0 Å². The summed E-state index contributed by atoms with van der Waals surface area (Å²) in [4.78, 5) is 0. The molecule has 0 saturated heterocycles. The Kier molecular flexibility index (Phi) is 1.81. The summed E-state index contributed by atoms with van der Waals surface area (Å²) >= 11 is 0. The van der Waals surface area contributed by atoms with E-state index in [-0.39, 0.29) is 0 Å². The first-order valence-electron chi connectivity index (χ1n) is 4.25. The van der Waals surface area contributed by atoms with Crippen LogP contribution < -0.4 is 5.73 Å². The summed E-state index contributed by atoms with van der Waals surface area (Å²) in [6.45, 7) is 0. The van der Waals surface area contributed by atoms with Crippen molar-refractivity contribution in [3.8, 4) is 11.3 Å². The molecule has 0 spiro atoms. The predicted octanol–water partition coefficient (Wildman–Crippen LogP) is 2.27. The number of rotatable bonds is 1. The second kappa shape index (κ2) is 2.98. The highest BCUT2D eigenvalue weighted by molar-refractivity contribution is 5.63. The van der Waals surface area contributed by atoms with Crippen molar-refractivity contribution in [3.63, 3.8) is 0 Å². The highest BCUT2D eigenvalue weighted by Gasteiger charge is 2.02. The summed E-state index contributed by atoms with van der Waals surface area (Å²) < 4.78 is 1.98. The number of hydrogen-bond donors (Lipinski definition) is 1. The topological polar surface area (TPSA) is 30.9 Å². The van der Waals surface area contributed by atoms with Crippen LogP contribution >= 0.6 is 0 Å². The third kappa shape index (κ3) is 1.31. The Balaban J connectivity index is 2.53. The van der Waals surface area contributed by atoms with Gasteiger partial charge < -0.3 is 10.3 Å². The Morgan fingerprint density at radius 1 is 1.00 bits per heavy atom. The monoisotopic (exact) mass is 172 g/mol. The average molecular weight is 172 g/mol. The molecule has 1 heterocycles. The molecule has 0 aliphatic heterocycles. The van der Waals surface area contributed by atoms with Gasteiger partial charge in [0.25, 0.3) is 0 Å². The first-order chi connectivity index (χ1) is 6.29. The summed E-state index contributed by atoms with van der Waals surface area (Å²) in [7, 11) is 1.97. The molecule has 0 aliphatic rings. The van der Waals surface area contributed by atoms with E-state index in [2.05, 4.69) is 12.1 Å². The van der Waals surface area contributed by atoms with Gasteiger partial charge in [-0.1, -0.05) is 30.3 Å². The number of benzene rings is 1. The van der Waals surface area contributed by atoms with Crippen molar-refractivity contribution >= 4 is 5.82 Å². The molecule has 2 N–H and O–H groups in total. The van der Waals surface area contributed by atoms with E-state index < -0.39 is 0 Å². The van der Waals surface area contributed by atoms with Crippen LogP contribution in [0, 0.1) is 0 Å². The van der Waals surface area contributed by atoms with Crippen LogP contribution in [0.15, 0.2) is 42.5 Å². The Labute approximate surface area is 77.6 Å². The summed E-state index contributed by atoms with van der Waals surface area (Å²) in [5.41, 5.74) is 8.09. The lowest BCUT2D eigenvalue weighted by atomic mass is 10.2. The van der Waals surface area contributed by atoms with Crippen LogP contribution in [0.4, 0.5) is 5.82 Å². The van der Waals surface area contributed by atoms with Crippen LogP contribution in [-0.2, 0) is 7.05 Å². The number of nitrogens with two attached hydrogens (primary N) is 1. The van der Waals surface area contributed by atoms with Crippen molar-refractivity contribution in [2.45, 2.75) is 0 Å². The molecule has 0 fully saturated rings. The summed E-state index contributed by atoms with van der Waals surface area (Å²) in [6, 6.07) is 14.2. The van der Waals surface area contributed by atoms with Gasteiger partial charge >= 0.3 is 0 Å². The maximum atomic E-state index is 5.74. The first-order valence-corrected chi connectivity index (χ1v) is 4.25. The molecule has 0 bridgehead atoms. The zero-order chi connectivity index (χ0) is 9.26. The Hall–Kier alpha value is -1.70. The van der Waals surface area contributed by atoms with Crippen molar-refractivity contribution in [3.05, 3.63) is 42.5 Å². The zero-order valence-corrected chi connectivity index (χ0v) is 7.57. The van der Waals surface area contributed by atoms with E-state index in [1.165, 1.54) is 5.56 Å². The van der Waals surface area contributed by atoms with Crippen LogP contribution in [0.2, 0.25) is 0 Å². The molecule has 2 nitrogen and oxygen atoms in total. The normalized spacial score (nSPS) is 10.2. The lowest BCUT2D eigenvalue weighted by Crippen LogP contribution is -1.97. The fraction of sp³-hybridized carbons (Fsp3) is 0.0909.